The SMILES string of the molecule is Cc1c(CNC(=O)N2CCC[C@]2(C)Cc2ccc(F)cc2)cnn1C. The summed E-state index contributed by atoms with van der Waals surface area (Å²) in [6.45, 7) is 5.32. The van der Waals surface area contributed by atoms with E-state index >= 15 is 0 Å². The third-order valence-electron chi connectivity index (χ3n) is 5.26. The molecule has 6 heteroatoms. The first-order valence-electron chi connectivity index (χ1n) is 8.66. The lowest BCUT2D eigenvalue weighted by Gasteiger charge is -2.35. The van der Waals surface area contributed by atoms with Crippen LogP contribution in [-0.2, 0) is 20.0 Å². The predicted octanol–water partition coefficient (Wildman–Crippen LogP) is 3.17. The molecule has 1 atom stereocenters. The minimum Gasteiger partial charge on any atom is -0.334 e. The maximum atomic E-state index is 13.1. The molecule has 1 aromatic carbocycles. The van der Waals surface area contributed by atoms with Gasteiger partial charge in [-0.2, -0.15) is 5.10 Å². The second kappa shape index (κ2) is 6.86. The second-order valence-electron chi connectivity index (χ2n) is 7.09. The number of nitrogens with zero attached hydrogens (tertiary/aromatic N) is 3. The molecule has 0 bridgehead atoms. The Morgan fingerprint density at radius 2 is 2.08 bits per heavy atom. The summed E-state index contributed by atoms with van der Waals surface area (Å²) in [4.78, 5) is 14.6. The average molecular weight is 344 g/mol. The molecule has 1 aliphatic heterocycles. The number of aryl methyl sites for hydroxylation is 1. The molecule has 25 heavy (non-hydrogen) atoms. The molecule has 0 aliphatic carbocycles. The summed E-state index contributed by atoms with van der Waals surface area (Å²) in [6, 6.07) is 6.50. The van der Waals surface area contributed by atoms with E-state index in [1.807, 2.05) is 18.9 Å². The zero-order valence-electron chi connectivity index (χ0n) is 15.1. The molecule has 5 nitrogen and oxygen atoms in total. The van der Waals surface area contributed by atoms with Crippen molar-refractivity contribution in [1.29, 1.82) is 0 Å². The van der Waals surface area contributed by atoms with Crippen molar-refractivity contribution < 1.29 is 9.18 Å². The highest BCUT2D eigenvalue weighted by Crippen LogP contribution is 2.32. The van der Waals surface area contributed by atoms with Crippen LogP contribution in [0.5, 0.6) is 0 Å². The minimum absolute atomic E-state index is 0.0506. The highest BCUT2D eigenvalue weighted by atomic mass is 19.1. The third-order valence-corrected chi connectivity index (χ3v) is 5.26. The van der Waals surface area contributed by atoms with Gasteiger partial charge in [-0.05, 0) is 50.8 Å². The van der Waals surface area contributed by atoms with Gasteiger partial charge in [0.25, 0.3) is 0 Å². The van der Waals surface area contributed by atoms with Gasteiger partial charge in [-0.3, -0.25) is 4.68 Å². The maximum Gasteiger partial charge on any atom is 0.318 e. The number of halogens is 1. The number of nitrogens with one attached hydrogen (secondary N) is 1. The van der Waals surface area contributed by atoms with E-state index in [-0.39, 0.29) is 17.4 Å². The van der Waals surface area contributed by atoms with E-state index in [0.29, 0.717) is 6.54 Å². The van der Waals surface area contributed by atoms with Gasteiger partial charge in [0.1, 0.15) is 5.82 Å². The minimum atomic E-state index is -0.244. The monoisotopic (exact) mass is 344 g/mol. The highest BCUT2D eigenvalue weighted by Gasteiger charge is 2.39. The Labute approximate surface area is 147 Å². The molecular formula is C19H25FN4O. The van der Waals surface area contributed by atoms with Gasteiger partial charge >= 0.3 is 6.03 Å². The molecule has 1 fully saturated rings. The number of urea groups is 1. The van der Waals surface area contributed by atoms with Gasteiger partial charge in [-0.1, -0.05) is 12.1 Å². The molecule has 2 aromatic rings. The number of hydrogen-bond donors (Lipinski definition) is 1. The normalized spacial score (nSPS) is 20.1. The average Bonchev–Trinajstić information content (AvgIpc) is 3.11. The van der Waals surface area contributed by atoms with Gasteiger partial charge in [0.15, 0.2) is 0 Å². The molecule has 2 amide bonds. The lowest BCUT2D eigenvalue weighted by Crippen LogP contribution is -2.50. The van der Waals surface area contributed by atoms with Crippen LogP contribution in [0.25, 0.3) is 0 Å². The number of benzene rings is 1. The Hall–Kier alpha value is -2.37. The van der Waals surface area contributed by atoms with Gasteiger partial charge in [-0.25, -0.2) is 9.18 Å². The summed E-state index contributed by atoms with van der Waals surface area (Å²) < 4.78 is 14.9. The van der Waals surface area contributed by atoms with Crippen molar-refractivity contribution in [2.24, 2.45) is 7.05 Å². The van der Waals surface area contributed by atoms with Crippen LogP contribution < -0.4 is 5.32 Å². The molecule has 1 saturated heterocycles. The predicted molar refractivity (Wildman–Crippen MR) is 94.6 cm³/mol. The van der Waals surface area contributed by atoms with Crippen molar-refractivity contribution in [1.82, 2.24) is 20.0 Å². The molecule has 1 N–H and O–H groups in total. The Kier molecular flexibility index (Phi) is 4.79. The number of carbonyl (C=O) groups excluding carboxylic acids is 1. The number of carbonyl (C=O) groups is 1. The molecule has 1 aromatic heterocycles. The first kappa shape index (κ1) is 17.5. The highest BCUT2D eigenvalue weighted by molar-refractivity contribution is 5.75. The van der Waals surface area contributed by atoms with E-state index < -0.39 is 0 Å². The Bertz CT molecular complexity index is 755. The zero-order chi connectivity index (χ0) is 18.0. The van der Waals surface area contributed by atoms with Crippen LogP contribution in [0.4, 0.5) is 9.18 Å². The van der Waals surface area contributed by atoms with Crippen LogP contribution in [0.2, 0.25) is 0 Å². The first-order chi connectivity index (χ1) is 11.9. The van der Waals surface area contributed by atoms with Gasteiger partial charge < -0.3 is 10.2 Å². The van der Waals surface area contributed by atoms with Crippen LogP contribution in [0.15, 0.2) is 30.5 Å². The van der Waals surface area contributed by atoms with Gasteiger partial charge in [-0.15, -0.1) is 0 Å². The molecule has 2 heterocycles. The number of aromatic nitrogens is 2. The molecule has 1 aliphatic rings. The smallest absolute Gasteiger partial charge is 0.318 e. The maximum absolute atomic E-state index is 13.1. The van der Waals surface area contributed by atoms with E-state index in [1.54, 1.807) is 23.0 Å². The van der Waals surface area contributed by atoms with Crippen LogP contribution in [0.1, 0.15) is 36.6 Å². The third kappa shape index (κ3) is 3.67. The lowest BCUT2D eigenvalue weighted by atomic mass is 9.90. The Morgan fingerprint density at radius 1 is 1.36 bits per heavy atom. The standard InChI is InChI=1S/C19H25FN4O/c1-14-16(13-22-23(14)3)12-21-18(25)24-10-4-9-19(24,2)11-15-5-7-17(20)8-6-15/h5-8,13H,4,9-12H2,1-3H3,(H,21,25)/t19-/m1/s1. The van der Waals surface area contributed by atoms with E-state index in [4.69, 9.17) is 0 Å². The summed E-state index contributed by atoms with van der Waals surface area (Å²) >= 11 is 0. The fourth-order valence-electron chi connectivity index (χ4n) is 3.58. The van der Waals surface area contributed by atoms with E-state index in [2.05, 4.69) is 17.3 Å². The van der Waals surface area contributed by atoms with Crippen molar-refractivity contribution in [3.05, 3.63) is 53.1 Å². The van der Waals surface area contributed by atoms with Crippen LogP contribution in [-0.4, -0.2) is 32.8 Å². The van der Waals surface area contributed by atoms with E-state index in [1.165, 1.54) is 12.1 Å². The molecule has 0 spiro atoms. The summed E-state index contributed by atoms with van der Waals surface area (Å²) in [5.41, 5.74) is 2.88. The van der Waals surface area contributed by atoms with Crippen molar-refractivity contribution in [3.63, 3.8) is 0 Å². The molecule has 3 rings (SSSR count). The second-order valence-corrected chi connectivity index (χ2v) is 7.09. The largest absolute Gasteiger partial charge is 0.334 e. The summed E-state index contributed by atoms with van der Waals surface area (Å²) in [7, 11) is 1.89. The quantitative estimate of drug-likeness (QED) is 0.926. The number of rotatable bonds is 4. The van der Waals surface area contributed by atoms with Crippen molar-refractivity contribution >= 4 is 6.03 Å². The van der Waals surface area contributed by atoms with Crippen molar-refractivity contribution in [2.75, 3.05) is 6.54 Å². The fourth-order valence-corrected chi connectivity index (χ4v) is 3.58. The van der Waals surface area contributed by atoms with Gasteiger partial charge in [0.05, 0.1) is 6.20 Å². The summed E-state index contributed by atoms with van der Waals surface area (Å²) in [5.74, 6) is -0.234. The molecule has 0 unspecified atom stereocenters. The fraction of sp³-hybridized carbons (Fsp3) is 0.474. The van der Waals surface area contributed by atoms with Crippen molar-refractivity contribution in [2.45, 2.75) is 45.2 Å². The molecular weight excluding hydrogens is 319 g/mol. The summed E-state index contributed by atoms with van der Waals surface area (Å²) in [5, 5.41) is 7.22. The number of hydrogen-bond acceptors (Lipinski definition) is 2. The van der Waals surface area contributed by atoms with E-state index in [0.717, 1.165) is 42.6 Å². The lowest BCUT2D eigenvalue weighted by molar-refractivity contribution is 0.155. The van der Waals surface area contributed by atoms with Crippen molar-refractivity contribution in [3.8, 4) is 0 Å². The van der Waals surface area contributed by atoms with Crippen LogP contribution in [0.3, 0.4) is 0 Å². The van der Waals surface area contributed by atoms with Crippen LogP contribution in [0, 0.1) is 12.7 Å². The zero-order valence-corrected chi connectivity index (χ0v) is 15.1. The first-order valence-corrected chi connectivity index (χ1v) is 8.66. The molecule has 0 radical (unpaired) electrons. The Balaban J connectivity index is 1.66. The summed E-state index contributed by atoms with van der Waals surface area (Å²) in [6.07, 6.45) is 4.45. The van der Waals surface area contributed by atoms with Gasteiger partial charge in [0.2, 0.25) is 0 Å². The number of likely N-dealkylation sites (tertiary alicyclic amines) is 1. The van der Waals surface area contributed by atoms with E-state index in [9.17, 15) is 9.18 Å². The van der Waals surface area contributed by atoms with Crippen LogP contribution >= 0.6 is 0 Å². The Morgan fingerprint density at radius 3 is 2.72 bits per heavy atom. The molecule has 134 valence electrons. The number of amides is 2. The van der Waals surface area contributed by atoms with Gasteiger partial charge in [0, 0.05) is 36.9 Å². The topological polar surface area (TPSA) is 50.2 Å². The molecule has 0 saturated carbocycles.